The monoisotopic (exact) mass is 310 g/mol. The fourth-order valence-electron chi connectivity index (χ4n) is 2.85. The van der Waals surface area contributed by atoms with Crippen LogP contribution in [0.3, 0.4) is 0 Å². The molecular weight excluding hydrogens is 292 g/mol. The van der Waals surface area contributed by atoms with Gasteiger partial charge in [0.15, 0.2) is 5.65 Å². The molecule has 1 amide bonds. The molecule has 0 radical (unpaired) electrons. The third-order valence-corrected chi connectivity index (χ3v) is 4.25. The number of rotatable bonds is 4. The molecule has 1 aliphatic carbocycles. The molecule has 23 heavy (non-hydrogen) atoms. The van der Waals surface area contributed by atoms with Crippen LogP contribution in [0, 0.1) is 12.8 Å². The van der Waals surface area contributed by atoms with E-state index in [4.69, 9.17) is 0 Å². The number of carbonyl (C=O) groups is 1. The predicted octanol–water partition coefficient (Wildman–Crippen LogP) is 1.65. The van der Waals surface area contributed by atoms with E-state index in [1.165, 1.54) is 0 Å². The highest BCUT2D eigenvalue weighted by atomic mass is 16.1. The smallest absolute Gasteiger partial charge is 0.257 e. The summed E-state index contributed by atoms with van der Waals surface area (Å²) in [7, 11) is 1.95. The predicted molar refractivity (Wildman–Crippen MR) is 83.9 cm³/mol. The van der Waals surface area contributed by atoms with Crippen LogP contribution in [0.25, 0.3) is 5.65 Å². The number of amides is 1. The number of nitrogens with zero attached hydrogens (tertiary/aromatic N) is 5. The fraction of sp³-hybridized carbons (Fsp3) is 0.375. The first-order valence-electron chi connectivity index (χ1n) is 7.71. The average Bonchev–Trinajstić information content (AvgIpc) is 3.15. The Hall–Kier alpha value is -2.70. The summed E-state index contributed by atoms with van der Waals surface area (Å²) in [5, 5.41) is 7.34. The van der Waals surface area contributed by atoms with Crippen LogP contribution in [0.15, 0.2) is 31.0 Å². The van der Waals surface area contributed by atoms with E-state index >= 15 is 0 Å². The molecule has 0 bridgehead atoms. The highest BCUT2D eigenvalue weighted by molar-refractivity contribution is 5.99. The molecule has 0 saturated heterocycles. The maximum atomic E-state index is 12.7. The molecule has 118 valence electrons. The van der Waals surface area contributed by atoms with Crippen molar-refractivity contribution in [2.24, 2.45) is 13.0 Å². The molecular formula is C16H18N6O. The standard InChI is InChI=1S/C16H18N6O/c1-10-7-18-14-12(8-19-22(14)9-10)16(23)20-13(11-3-4-11)15-17-5-6-21(15)2/h5-9,11,13H,3-4H2,1-2H3,(H,20,23). The van der Waals surface area contributed by atoms with Crippen molar-refractivity contribution < 1.29 is 4.79 Å². The lowest BCUT2D eigenvalue weighted by Crippen LogP contribution is -2.31. The Morgan fingerprint density at radius 1 is 1.35 bits per heavy atom. The van der Waals surface area contributed by atoms with Crippen molar-refractivity contribution >= 4 is 11.6 Å². The van der Waals surface area contributed by atoms with Crippen molar-refractivity contribution in [1.29, 1.82) is 0 Å². The SMILES string of the molecule is Cc1cnc2c(C(=O)NC(c3nccn3C)C3CC3)cnn2c1. The molecule has 0 aliphatic heterocycles. The third kappa shape index (κ3) is 2.48. The lowest BCUT2D eigenvalue weighted by molar-refractivity contribution is 0.0930. The summed E-state index contributed by atoms with van der Waals surface area (Å²) in [4.78, 5) is 21.4. The Morgan fingerprint density at radius 3 is 2.87 bits per heavy atom. The quantitative estimate of drug-likeness (QED) is 0.795. The molecule has 1 N–H and O–H groups in total. The van der Waals surface area contributed by atoms with Gasteiger partial charge in [-0.3, -0.25) is 4.79 Å². The molecule has 1 unspecified atom stereocenters. The maximum absolute atomic E-state index is 12.7. The van der Waals surface area contributed by atoms with Gasteiger partial charge in [0, 0.05) is 31.8 Å². The second kappa shape index (κ2) is 5.19. The van der Waals surface area contributed by atoms with Gasteiger partial charge in [-0.05, 0) is 31.2 Å². The molecule has 4 rings (SSSR count). The zero-order chi connectivity index (χ0) is 16.0. The third-order valence-electron chi connectivity index (χ3n) is 4.25. The number of nitrogens with one attached hydrogen (secondary N) is 1. The first kappa shape index (κ1) is 13.9. The maximum Gasteiger partial charge on any atom is 0.257 e. The molecule has 7 heteroatoms. The minimum absolute atomic E-state index is 0.0668. The van der Waals surface area contributed by atoms with E-state index in [2.05, 4.69) is 20.4 Å². The molecule has 1 fully saturated rings. The van der Waals surface area contributed by atoms with Gasteiger partial charge < -0.3 is 9.88 Å². The van der Waals surface area contributed by atoms with Gasteiger partial charge in [0.25, 0.3) is 5.91 Å². The Labute approximate surface area is 133 Å². The van der Waals surface area contributed by atoms with Gasteiger partial charge in [0.1, 0.15) is 11.4 Å². The van der Waals surface area contributed by atoms with Gasteiger partial charge in [0.2, 0.25) is 0 Å². The lowest BCUT2D eigenvalue weighted by Gasteiger charge is -2.17. The summed E-state index contributed by atoms with van der Waals surface area (Å²) in [5.74, 6) is 1.19. The Kier molecular flexibility index (Phi) is 3.14. The lowest BCUT2D eigenvalue weighted by atomic mass is 10.1. The number of aromatic nitrogens is 5. The van der Waals surface area contributed by atoms with Crippen molar-refractivity contribution in [3.8, 4) is 0 Å². The highest BCUT2D eigenvalue weighted by Gasteiger charge is 2.36. The van der Waals surface area contributed by atoms with Crippen molar-refractivity contribution in [2.75, 3.05) is 0 Å². The number of carbonyl (C=O) groups excluding carboxylic acids is 1. The van der Waals surface area contributed by atoms with Crippen LogP contribution in [-0.4, -0.2) is 30.1 Å². The molecule has 0 aromatic carbocycles. The van der Waals surface area contributed by atoms with Gasteiger partial charge in [0.05, 0.1) is 12.2 Å². The minimum Gasteiger partial charge on any atom is -0.342 e. The zero-order valence-corrected chi connectivity index (χ0v) is 13.1. The van der Waals surface area contributed by atoms with Crippen LogP contribution >= 0.6 is 0 Å². The van der Waals surface area contributed by atoms with Gasteiger partial charge in [-0.25, -0.2) is 14.5 Å². The van der Waals surface area contributed by atoms with Crippen LogP contribution < -0.4 is 5.32 Å². The molecule has 0 spiro atoms. The van der Waals surface area contributed by atoms with E-state index in [-0.39, 0.29) is 11.9 Å². The minimum atomic E-state index is -0.156. The summed E-state index contributed by atoms with van der Waals surface area (Å²) in [5.41, 5.74) is 2.06. The number of hydrogen-bond acceptors (Lipinski definition) is 4. The number of aryl methyl sites for hydroxylation is 2. The first-order chi connectivity index (χ1) is 11.1. The fourth-order valence-corrected chi connectivity index (χ4v) is 2.85. The summed E-state index contributed by atoms with van der Waals surface area (Å²) in [6, 6.07) is -0.0668. The second-order valence-corrected chi connectivity index (χ2v) is 6.14. The van der Waals surface area contributed by atoms with Crippen molar-refractivity contribution in [3.63, 3.8) is 0 Å². The topological polar surface area (TPSA) is 77.1 Å². The van der Waals surface area contributed by atoms with Crippen molar-refractivity contribution in [1.82, 2.24) is 29.5 Å². The van der Waals surface area contributed by atoms with Crippen LogP contribution in [0.4, 0.5) is 0 Å². The molecule has 3 heterocycles. The van der Waals surface area contributed by atoms with E-state index < -0.39 is 0 Å². The van der Waals surface area contributed by atoms with Crippen LogP contribution in [0.1, 0.15) is 40.6 Å². The highest BCUT2D eigenvalue weighted by Crippen LogP contribution is 2.40. The Bertz CT molecular complexity index is 876. The van der Waals surface area contributed by atoms with E-state index in [1.54, 1.807) is 23.1 Å². The number of imidazole rings is 1. The normalized spacial score (nSPS) is 15.7. The number of hydrogen-bond donors (Lipinski definition) is 1. The first-order valence-corrected chi connectivity index (χ1v) is 7.71. The van der Waals surface area contributed by atoms with Gasteiger partial charge in [-0.15, -0.1) is 0 Å². The Morgan fingerprint density at radius 2 is 2.17 bits per heavy atom. The molecule has 1 atom stereocenters. The van der Waals surface area contributed by atoms with Gasteiger partial charge in [-0.2, -0.15) is 5.10 Å². The van der Waals surface area contributed by atoms with E-state index in [9.17, 15) is 4.79 Å². The Balaban J connectivity index is 1.64. The zero-order valence-electron chi connectivity index (χ0n) is 13.1. The summed E-state index contributed by atoms with van der Waals surface area (Å²) in [6.45, 7) is 1.94. The van der Waals surface area contributed by atoms with E-state index in [0.29, 0.717) is 17.1 Å². The number of fused-ring (bicyclic) bond motifs is 1. The van der Waals surface area contributed by atoms with E-state index in [0.717, 1.165) is 24.2 Å². The van der Waals surface area contributed by atoms with Crippen molar-refractivity contribution in [2.45, 2.75) is 25.8 Å². The molecule has 3 aromatic rings. The van der Waals surface area contributed by atoms with Crippen LogP contribution in [0.5, 0.6) is 0 Å². The average molecular weight is 310 g/mol. The summed E-state index contributed by atoms with van der Waals surface area (Å²) < 4.78 is 3.60. The molecule has 3 aromatic heterocycles. The van der Waals surface area contributed by atoms with Crippen LogP contribution in [0.2, 0.25) is 0 Å². The molecule has 1 saturated carbocycles. The molecule has 7 nitrogen and oxygen atoms in total. The van der Waals surface area contributed by atoms with Crippen molar-refractivity contribution in [3.05, 3.63) is 47.9 Å². The van der Waals surface area contributed by atoms with Gasteiger partial charge >= 0.3 is 0 Å². The summed E-state index contributed by atoms with van der Waals surface area (Å²) in [6.07, 6.45) is 11.1. The van der Waals surface area contributed by atoms with Gasteiger partial charge in [-0.1, -0.05) is 0 Å². The summed E-state index contributed by atoms with van der Waals surface area (Å²) >= 11 is 0. The molecule has 1 aliphatic rings. The van der Waals surface area contributed by atoms with Crippen LogP contribution in [-0.2, 0) is 7.05 Å². The largest absolute Gasteiger partial charge is 0.342 e. The second-order valence-electron chi connectivity index (χ2n) is 6.14. The van der Waals surface area contributed by atoms with E-state index in [1.807, 2.05) is 30.9 Å².